The van der Waals surface area contributed by atoms with Crippen molar-refractivity contribution < 1.29 is 9.21 Å². The minimum atomic E-state index is -0.300. The van der Waals surface area contributed by atoms with Crippen LogP contribution >= 0.6 is 0 Å². The lowest BCUT2D eigenvalue weighted by atomic mass is 10.2. The number of amides is 1. The molecule has 0 aliphatic carbocycles. The Morgan fingerprint density at radius 1 is 1.32 bits per heavy atom. The van der Waals surface area contributed by atoms with Crippen LogP contribution in [0.5, 0.6) is 0 Å². The quantitative estimate of drug-likeness (QED) is 0.784. The maximum atomic E-state index is 12.4. The molecule has 0 fully saturated rings. The summed E-state index contributed by atoms with van der Waals surface area (Å²) in [4.78, 5) is 28.9. The zero-order valence-electron chi connectivity index (χ0n) is 14.0. The van der Waals surface area contributed by atoms with Gasteiger partial charge in [0.1, 0.15) is 17.9 Å². The Bertz CT molecular complexity index is 998. The van der Waals surface area contributed by atoms with Gasteiger partial charge in [0.05, 0.1) is 0 Å². The zero-order valence-corrected chi connectivity index (χ0v) is 14.0. The van der Waals surface area contributed by atoms with Crippen LogP contribution in [0.4, 0.5) is 5.69 Å². The monoisotopic (exact) mass is 341 g/mol. The fourth-order valence-electron chi connectivity index (χ4n) is 3.18. The number of carbonyl (C=O) groups excluding carboxylic acids is 1. The van der Waals surface area contributed by atoms with Crippen LogP contribution in [0.3, 0.4) is 0 Å². The zero-order chi connectivity index (χ0) is 17.4. The molecule has 0 saturated carbocycles. The average Bonchev–Trinajstić information content (AvgIpc) is 2.96. The fourth-order valence-corrected chi connectivity index (χ4v) is 3.18. The van der Waals surface area contributed by atoms with E-state index in [1.165, 1.54) is 4.68 Å². The smallest absolute Gasteiger partial charge is 0.346 e. The molecule has 25 heavy (non-hydrogen) atoms. The molecule has 1 aromatic carbocycles. The Kier molecular flexibility index (Phi) is 3.87. The molecule has 3 aromatic rings. The van der Waals surface area contributed by atoms with Crippen LogP contribution in [0.15, 0.2) is 27.4 Å². The van der Waals surface area contributed by atoms with Crippen molar-refractivity contribution in [3.05, 3.63) is 40.4 Å². The lowest BCUT2D eigenvalue weighted by Crippen LogP contribution is -2.30. The second kappa shape index (κ2) is 6.19. The Balaban J connectivity index is 1.51. The second-order valence-electron chi connectivity index (χ2n) is 6.28. The molecule has 8 nitrogen and oxygen atoms in total. The van der Waals surface area contributed by atoms with E-state index in [1.807, 2.05) is 0 Å². The highest BCUT2D eigenvalue weighted by Gasteiger charge is 2.17. The summed E-state index contributed by atoms with van der Waals surface area (Å²) in [5.74, 6) is 1.05. The van der Waals surface area contributed by atoms with Crippen molar-refractivity contribution in [2.75, 3.05) is 5.32 Å². The number of rotatable bonds is 3. The van der Waals surface area contributed by atoms with Gasteiger partial charge in [-0.15, -0.1) is 0 Å². The fraction of sp³-hybridized carbons (Fsp3) is 0.412. The van der Waals surface area contributed by atoms with Gasteiger partial charge in [-0.3, -0.25) is 9.36 Å². The van der Waals surface area contributed by atoms with E-state index in [2.05, 4.69) is 15.4 Å². The molecule has 1 aliphatic heterocycles. The number of oxazole rings is 1. The molecule has 4 rings (SSSR count). The first-order valence-corrected chi connectivity index (χ1v) is 8.44. The maximum Gasteiger partial charge on any atom is 0.346 e. The summed E-state index contributed by atoms with van der Waals surface area (Å²) >= 11 is 0. The first-order valence-electron chi connectivity index (χ1n) is 8.44. The topological polar surface area (TPSA) is 95.0 Å². The lowest BCUT2D eigenvalue weighted by Gasteiger charge is -2.04. The van der Waals surface area contributed by atoms with E-state index in [0.29, 0.717) is 23.7 Å². The number of aryl methyl sites for hydroxylation is 2. The van der Waals surface area contributed by atoms with Crippen molar-refractivity contribution in [1.29, 1.82) is 0 Å². The van der Waals surface area contributed by atoms with Gasteiger partial charge in [-0.2, -0.15) is 5.10 Å². The highest BCUT2D eigenvalue weighted by atomic mass is 16.3. The van der Waals surface area contributed by atoms with E-state index >= 15 is 0 Å². The summed E-state index contributed by atoms with van der Waals surface area (Å²) in [5, 5.41) is 7.10. The van der Waals surface area contributed by atoms with Crippen molar-refractivity contribution in [2.45, 2.75) is 45.7 Å². The van der Waals surface area contributed by atoms with Gasteiger partial charge in [0.25, 0.3) is 0 Å². The number of fused-ring (bicyclic) bond motifs is 2. The standard InChI is InChI=1S/C17H19N5O3/c1-11-18-13-7-6-12(9-14(13)25-11)19-16(23)10-22-17(24)21-8-4-2-3-5-15(21)20-22/h6-7,9H,2-5,8,10H2,1H3,(H,19,23). The van der Waals surface area contributed by atoms with Gasteiger partial charge in [0.15, 0.2) is 11.5 Å². The maximum absolute atomic E-state index is 12.4. The third-order valence-electron chi connectivity index (χ3n) is 4.35. The van der Waals surface area contributed by atoms with Crippen molar-refractivity contribution in [1.82, 2.24) is 19.3 Å². The van der Waals surface area contributed by atoms with Gasteiger partial charge in [0.2, 0.25) is 5.91 Å². The molecular formula is C17H19N5O3. The third kappa shape index (κ3) is 3.07. The number of carbonyl (C=O) groups is 1. The molecule has 1 N–H and O–H groups in total. The molecule has 3 heterocycles. The van der Waals surface area contributed by atoms with Crippen molar-refractivity contribution in [3.8, 4) is 0 Å². The van der Waals surface area contributed by atoms with E-state index in [4.69, 9.17) is 4.42 Å². The average molecular weight is 341 g/mol. The van der Waals surface area contributed by atoms with Crippen LogP contribution < -0.4 is 11.0 Å². The molecule has 0 unspecified atom stereocenters. The summed E-state index contributed by atoms with van der Waals surface area (Å²) in [6, 6.07) is 5.26. The summed E-state index contributed by atoms with van der Waals surface area (Å²) in [6.45, 7) is 2.34. The predicted octanol–water partition coefficient (Wildman–Crippen LogP) is 1.86. The minimum Gasteiger partial charge on any atom is -0.441 e. The first kappa shape index (κ1) is 15.6. The van der Waals surface area contributed by atoms with Gasteiger partial charge in [-0.05, 0) is 25.0 Å². The SMILES string of the molecule is Cc1nc2ccc(NC(=O)Cn3nc4n(c3=O)CCCCC4)cc2o1. The predicted molar refractivity (Wildman–Crippen MR) is 91.4 cm³/mol. The largest absolute Gasteiger partial charge is 0.441 e. The first-order chi connectivity index (χ1) is 12.1. The van der Waals surface area contributed by atoms with Crippen LogP contribution in [0.2, 0.25) is 0 Å². The molecule has 8 heteroatoms. The lowest BCUT2D eigenvalue weighted by molar-refractivity contribution is -0.117. The van der Waals surface area contributed by atoms with Gasteiger partial charge >= 0.3 is 5.69 Å². The Morgan fingerprint density at radius 3 is 3.08 bits per heavy atom. The molecule has 2 aromatic heterocycles. The Labute approximate surface area is 143 Å². The van der Waals surface area contributed by atoms with Crippen LogP contribution in [0.25, 0.3) is 11.1 Å². The third-order valence-corrected chi connectivity index (χ3v) is 4.35. The summed E-state index contributed by atoms with van der Waals surface area (Å²) in [5.41, 5.74) is 1.74. The second-order valence-corrected chi connectivity index (χ2v) is 6.28. The number of nitrogens with zero attached hydrogens (tertiary/aromatic N) is 4. The molecule has 1 amide bonds. The van der Waals surface area contributed by atoms with Crippen LogP contribution in [0, 0.1) is 6.92 Å². The van der Waals surface area contributed by atoms with Gasteiger partial charge in [-0.1, -0.05) is 6.42 Å². The Hall–Kier alpha value is -2.90. The van der Waals surface area contributed by atoms with Crippen molar-refractivity contribution in [2.24, 2.45) is 0 Å². The Morgan fingerprint density at radius 2 is 2.20 bits per heavy atom. The summed E-state index contributed by atoms with van der Waals surface area (Å²) < 4.78 is 8.39. The molecule has 0 spiro atoms. The summed E-state index contributed by atoms with van der Waals surface area (Å²) in [6.07, 6.45) is 3.89. The minimum absolute atomic E-state index is 0.105. The molecule has 0 saturated heterocycles. The number of hydrogen-bond acceptors (Lipinski definition) is 5. The van der Waals surface area contributed by atoms with E-state index in [0.717, 1.165) is 37.0 Å². The van der Waals surface area contributed by atoms with Crippen LogP contribution in [0.1, 0.15) is 31.0 Å². The van der Waals surface area contributed by atoms with Crippen molar-refractivity contribution >= 4 is 22.7 Å². The van der Waals surface area contributed by atoms with Crippen LogP contribution in [-0.4, -0.2) is 25.2 Å². The molecule has 0 atom stereocenters. The molecule has 130 valence electrons. The van der Waals surface area contributed by atoms with E-state index in [1.54, 1.807) is 29.7 Å². The van der Waals surface area contributed by atoms with Gasteiger partial charge in [0, 0.05) is 31.6 Å². The highest BCUT2D eigenvalue weighted by molar-refractivity contribution is 5.92. The van der Waals surface area contributed by atoms with Gasteiger partial charge < -0.3 is 9.73 Å². The molecular weight excluding hydrogens is 322 g/mol. The highest BCUT2D eigenvalue weighted by Crippen LogP contribution is 2.19. The molecule has 0 bridgehead atoms. The number of benzene rings is 1. The normalized spacial score (nSPS) is 14.3. The van der Waals surface area contributed by atoms with E-state index < -0.39 is 0 Å². The van der Waals surface area contributed by atoms with E-state index in [-0.39, 0.29) is 18.1 Å². The number of aromatic nitrogens is 4. The van der Waals surface area contributed by atoms with Crippen LogP contribution in [-0.2, 0) is 24.3 Å². The number of hydrogen-bond donors (Lipinski definition) is 1. The summed E-state index contributed by atoms with van der Waals surface area (Å²) in [7, 11) is 0. The van der Waals surface area contributed by atoms with Crippen molar-refractivity contribution in [3.63, 3.8) is 0 Å². The number of anilines is 1. The molecule has 0 radical (unpaired) electrons. The van der Waals surface area contributed by atoms with Gasteiger partial charge in [-0.25, -0.2) is 14.5 Å². The van der Waals surface area contributed by atoms with E-state index in [9.17, 15) is 9.59 Å². The number of nitrogens with one attached hydrogen (secondary N) is 1. The molecule has 1 aliphatic rings.